The summed E-state index contributed by atoms with van der Waals surface area (Å²) >= 11 is 0. The predicted molar refractivity (Wildman–Crippen MR) is 73.2 cm³/mol. The normalized spacial score (nSPS) is 11.2. The Kier molecular flexibility index (Phi) is 5.34. The number of amides is 1. The molecule has 0 atom stereocenters. The molecule has 1 amide bonds. The molecular formula is C12H18F3N5O. The lowest BCUT2D eigenvalue weighted by atomic mass is 10.4. The van der Waals surface area contributed by atoms with Crippen molar-refractivity contribution in [2.24, 2.45) is 0 Å². The van der Waals surface area contributed by atoms with Gasteiger partial charge >= 0.3 is 6.18 Å². The minimum atomic E-state index is -4.65. The summed E-state index contributed by atoms with van der Waals surface area (Å²) in [6.07, 6.45) is -4.65. The van der Waals surface area contributed by atoms with E-state index >= 15 is 0 Å². The van der Waals surface area contributed by atoms with Crippen LogP contribution in [0.3, 0.4) is 0 Å². The van der Waals surface area contributed by atoms with Crippen LogP contribution >= 0.6 is 0 Å². The number of anilines is 2. The number of aromatic nitrogens is 2. The number of carbonyl (C=O) groups excluding carboxylic acids is 1. The van der Waals surface area contributed by atoms with Gasteiger partial charge in [0.15, 0.2) is 0 Å². The quantitative estimate of drug-likeness (QED) is 0.892. The van der Waals surface area contributed by atoms with Crippen LogP contribution in [0.25, 0.3) is 0 Å². The number of hydrogen-bond donors (Lipinski definition) is 1. The van der Waals surface area contributed by atoms with Crippen molar-refractivity contribution < 1.29 is 18.0 Å². The Labute approximate surface area is 121 Å². The first-order valence-electron chi connectivity index (χ1n) is 6.28. The zero-order chi connectivity index (χ0) is 16.2. The first-order chi connectivity index (χ1) is 9.68. The molecule has 0 aliphatic heterocycles. The molecule has 118 valence electrons. The maximum atomic E-state index is 12.8. The van der Waals surface area contributed by atoms with Gasteiger partial charge in [-0.05, 0) is 6.92 Å². The molecule has 1 heterocycles. The van der Waals surface area contributed by atoms with E-state index < -0.39 is 12.0 Å². The molecule has 1 aromatic heterocycles. The summed E-state index contributed by atoms with van der Waals surface area (Å²) in [6.45, 7) is 2.02. The van der Waals surface area contributed by atoms with E-state index in [1.54, 1.807) is 21.0 Å². The lowest BCUT2D eigenvalue weighted by Gasteiger charge is -2.24. The summed E-state index contributed by atoms with van der Waals surface area (Å²) in [5, 5.41) is 2.56. The molecule has 6 nitrogen and oxygen atoms in total. The van der Waals surface area contributed by atoms with Gasteiger partial charge in [-0.15, -0.1) is 0 Å². The Bertz CT molecular complexity index is 504. The fourth-order valence-corrected chi connectivity index (χ4v) is 1.51. The molecule has 0 fully saturated rings. The van der Waals surface area contributed by atoms with Gasteiger partial charge in [-0.2, -0.15) is 13.2 Å². The minimum absolute atomic E-state index is 0.0445. The van der Waals surface area contributed by atoms with E-state index in [2.05, 4.69) is 15.3 Å². The summed E-state index contributed by atoms with van der Waals surface area (Å²) in [5.41, 5.74) is 0. The van der Waals surface area contributed by atoms with Crippen molar-refractivity contribution in [2.75, 3.05) is 44.4 Å². The molecule has 1 N–H and O–H groups in total. The number of rotatable bonds is 5. The monoisotopic (exact) mass is 305 g/mol. The lowest BCUT2D eigenvalue weighted by Crippen LogP contribution is -2.37. The molecule has 21 heavy (non-hydrogen) atoms. The molecular weight excluding hydrogens is 287 g/mol. The maximum Gasteiger partial charge on any atom is 0.451 e. The number of likely N-dealkylation sites (N-methyl/N-ethyl adjacent to an activating group) is 2. The van der Waals surface area contributed by atoms with Crippen LogP contribution in [0.15, 0.2) is 6.07 Å². The number of nitrogens with zero attached hydrogens (tertiary/aromatic N) is 4. The molecule has 1 rings (SSSR count). The smallest absolute Gasteiger partial charge is 0.373 e. The van der Waals surface area contributed by atoms with Crippen LogP contribution in [0.5, 0.6) is 0 Å². The van der Waals surface area contributed by atoms with Crippen molar-refractivity contribution in [1.82, 2.24) is 14.9 Å². The molecule has 0 unspecified atom stereocenters. The zero-order valence-corrected chi connectivity index (χ0v) is 12.3. The topological polar surface area (TPSA) is 61.4 Å². The molecule has 0 bridgehead atoms. The molecule has 0 aliphatic carbocycles. The van der Waals surface area contributed by atoms with Crippen LogP contribution in [0.4, 0.5) is 24.8 Å². The lowest BCUT2D eigenvalue weighted by molar-refractivity contribution is -0.144. The number of alkyl halides is 3. The van der Waals surface area contributed by atoms with Gasteiger partial charge in [0, 0.05) is 33.8 Å². The first kappa shape index (κ1) is 17.0. The van der Waals surface area contributed by atoms with Crippen LogP contribution < -0.4 is 10.2 Å². The SMILES string of the molecule is CCN(CC(=O)N(C)C)c1cc(NC)nc(C(F)(F)F)n1. The Morgan fingerprint density at radius 1 is 1.33 bits per heavy atom. The van der Waals surface area contributed by atoms with E-state index in [4.69, 9.17) is 0 Å². The Morgan fingerprint density at radius 2 is 1.95 bits per heavy atom. The number of carbonyl (C=O) groups is 1. The van der Waals surface area contributed by atoms with Crippen LogP contribution in [0.1, 0.15) is 12.7 Å². The molecule has 1 aromatic rings. The standard InChI is InChI=1S/C12H18F3N5O/c1-5-20(7-10(21)19(3)4)9-6-8(16-2)17-11(18-9)12(13,14)15/h6H,5,7H2,1-4H3,(H,16,17,18). The molecule has 0 aromatic carbocycles. The molecule has 0 aliphatic rings. The van der Waals surface area contributed by atoms with Gasteiger partial charge in [0.2, 0.25) is 11.7 Å². The number of halogens is 3. The highest BCUT2D eigenvalue weighted by molar-refractivity contribution is 5.80. The zero-order valence-electron chi connectivity index (χ0n) is 12.3. The Hall–Kier alpha value is -2.06. The Morgan fingerprint density at radius 3 is 2.38 bits per heavy atom. The predicted octanol–water partition coefficient (Wildman–Crippen LogP) is 1.45. The summed E-state index contributed by atoms with van der Waals surface area (Å²) in [6, 6.07) is 1.38. The summed E-state index contributed by atoms with van der Waals surface area (Å²) < 4.78 is 38.4. The second-order valence-corrected chi connectivity index (χ2v) is 4.49. The van der Waals surface area contributed by atoms with Crippen LogP contribution in [0, 0.1) is 0 Å². The second-order valence-electron chi connectivity index (χ2n) is 4.49. The third kappa shape index (κ3) is 4.47. The fraction of sp³-hybridized carbons (Fsp3) is 0.583. The number of nitrogens with one attached hydrogen (secondary N) is 1. The third-order valence-corrected chi connectivity index (χ3v) is 2.75. The summed E-state index contributed by atoms with van der Waals surface area (Å²) in [4.78, 5) is 21.5. The van der Waals surface area contributed by atoms with Crippen molar-refractivity contribution in [2.45, 2.75) is 13.1 Å². The fourth-order valence-electron chi connectivity index (χ4n) is 1.51. The maximum absolute atomic E-state index is 12.8. The second kappa shape index (κ2) is 6.59. The first-order valence-corrected chi connectivity index (χ1v) is 6.28. The highest BCUT2D eigenvalue weighted by Gasteiger charge is 2.36. The van der Waals surface area contributed by atoms with Crippen molar-refractivity contribution in [3.05, 3.63) is 11.9 Å². The Balaban J connectivity index is 3.17. The average molecular weight is 305 g/mol. The molecule has 0 spiro atoms. The van der Waals surface area contributed by atoms with Gasteiger partial charge in [-0.3, -0.25) is 4.79 Å². The molecule has 0 radical (unpaired) electrons. The van der Waals surface area contributed by atoms with E-state index in [9.17, 15) is 18.0 Å². The van der Waals surface area contributed by atoms with E-state index in [0.29, 0.717) is 6.54 Å². The highest BCUT2D eigenvalue weighted by Crippen LogP contribution is 2.29. The third-order valence-electron chi connectivity index (χ3n) is 2.75. The van der Waals surface area contributed by atoms with Gasteiger partial charge < -0.3 is 15.1 Å². The van der Waals surface area contributed by atoms with E-state index in [1.165, 1.54) is 22.9 Å². The largest absolute Gasteiger partial charge is 0.451 e. The average Bonchev–Trinajstić information content (AvgIpc) is 2.42. The van der Waals surface area contributed by atoms with Crippen molar-refractivity contribution in [3.63, 3.8) is 0 Å². The van der Waals surface area contributed by atoms with Crippen LogP contribution in [0.2, 0.25) is 0 Å². The molecule has 9 heteroatoms. The van der Waals surface area contributed by atoms with Gasteiger partial charge in [-0.1, -0.05) is 0 Å². The van der Waals surface area contributed by atoms with Crippen LogP contribution in [-0.4, -0.2) is 55.0 Å². The van der Waals surface area contributed by atoms with Gasteiger partial charge in [0.05, 0.1) is 6.54 Å². The molecule has 0 saturated carbocycles. The van der Waals surface area contributed by atoms with Crippen molar-refractivity contribution in [1.29, 1.82) is 0 Å². The molecule has 0 saturated heterocycles. The van der Waals surface area contributed by atoms with Crippen molar-refractivity contribution in [3.8, 4) is 0 Å². The van der Waals surface area contributed by atoms with E-state index in [-0.39, 0.29) is 24.1 Å². The van der Waals surface area contributed by atoms with E-state index in [0.717, 1.165) is 0 Å². The van der Waals surface area contributed by atoms with Crippen LogP contribution in [-0.2, 0) is 11.0 Å². The van der Waals surface area contributed by atoms with Crippen molar-refractivity contribution >= 4 is 17.5 Å². The van der Waals surface area contributed by atoms with Gasteiger partial charge in [0.1, 0.15) is 11.6 Å². The van der Waals surface area contributed by atoms with Gasteiger partial charge in [0.25, 0.3) is 0 Å². The summed E-state index contributed by atoms with van der Waals surface area (Å²) in [7, 11) is 4.63. The van der Waals surface area contributed by atoms with Gasteiger partial charge in [-0.25, -0.2) is 9.97 Å². The highest BCUT2D eigenvalue weighted by atomic mass is 19.4. The number of hydrogen-bond acceptors (Lipinski definition) is 5. The minimum Gasteiger partial charge on any atom is -0.373 e. The van der Waals surface area contributed by atoms with E-state index in [1.807, 2.05) is 0 Å². The summed E-state index contributed by atoms with van der Waals surface area (Å²) in [5.74, 6) is -1.36.